The molecule has 2 aromatic carbocycles. The first-order valence-electron chi connectivity index (χ1n) is 8.74. The van der Waals surface area contributed by atoms with Crippen LogP contribution in [0.1, 0.15) is 29.8 Å². The summed E-state index contributed by atoms with van der Waals surface area (Å²) in [7, 11) is 0. The molecule has 144 valence electrons. The van der Waals surface area contributed by atoms with Gasteiger partial charge in [-0.15, -0.1) is 0 Å². The van der Waals surface area contributed by atoms with Crippen molar-refractivity contribution < 1.29 is 19.1 Å². The number of nitriles is 1. The monoisotopic (exact) mass is 379 g/mol. The number of benzene rings is 2. The molecular formula is C21H21N3O4. The standard InChI is InChI=1S/C21H21N3O4/c1-14(2)19(24-20(26)15-8-4-3-5-9-15)21(27)28-13-18(25)23-17-11-7-6-10-16(17)12-22/h3-11,14,19H,13H2,1-2H3,(H,23,25)(H,24,26). The molecule has 2 rings (SSSR count). The zero-order chi connectivity index (χ0) is 20.5. The summed E-state index contributed by atoms with van der Waals surface area (Å²) in [5.41, 5.74) is 1.06. The van der Waals surface area contributed by atoms with E-state index in [1.165, 1.54) is 0 Å². The normalized spacial score (nSPS) is 11.2. The molecule has 0 saturated heterocycles. The van der Waals surface area contributed by atoms with E-state index in [0.717, 1.165) is 0 Å². The third kappa shape index (κ3) is 5.68. The fourth-order valence-electron chi connectivity index (χ4n) is 2.41. The third-order valence-electron chi connectivity index (χ3n) is 3.91. The van der Waals surface area contributed by atoms with E-state index in [2.05, 4.69) is 10.6 Å². The average molecular weight is 379 g/mol. The Morgan fingerprint density at radius 3 is 2.32 bits per heavy atom. The molecule has 0 aromatic heterocycles. The van der Waals surface area contributed by atoms with E-state index in [1.54, 1.807) is 68.4 Å². The average Bonchev–Trinajstić information content (AvgIpc) is 2.70. The molecule has 2 aromatic rings. The first kappa shape index (κ1) is 20.6. The van der Waals surface area contributed by atoms with Crippen LogP contribution < -0.4 is 10.6 Å². The van der Waals surface area contributed by atoms with Gasteiger partial charge in [0, 0.05) is 5.56 Å². The Hall–Kier alpha value is -3.66. The van der Waals surface area contributed by atoms with Crippen LogP contribution in [0.25, 0.3) is 0 Å². The number of esters is 1. The van der Waals surface area contributed by atoms with E-state index in [1.807, 2.05) is 6.07 Å². The van der Waals surface area contributed by atoms with Gasteiger partial charge in [0.2, 0.25) is 0 Å². The van der Waals surface area contributed by atoms with Crippen LogP contribution in [-0.2, 0) is 14.3 Å². The summed E-state index contributed by atoms with van der Waals surface area (Å²) in [5, 5.41) is 14.2. The van der Waals surface area contributed by atoms with E-state index in [0.29, 0.717) is 16.8 Å². The zero-order valence-electron chi connectivity index (χ0n) is 15.6. The first-order chi connectivity index (χ1) is 13.4. The van der Waals surface area contributed by atoms with Gasteiger partial charge in [-0.2, -0.15) is 5.26 Å². The highest BCUT2D eigenvalue weighted by Gasteiger charge is 2.26. The van der Waals surface area contributed by atoms with Crippen LogP contribution in [0.3, 0.4) is 0 Å². The number of nitrogens with one attached hydrogen (secondary N) is 2. The fraction of sp³-hybridized carbons (Fsp3) is 0.238. The quantitative estimate of drug-likeness (QED) is 0.719. The summed E-state index contributed by atoms with van der Waals surface area (Å²) in [6, 6.07) is 16.1. The van der Waals surface area contributed by atoms with Gasteiger partial charge in [0.1, 0.15) is 12.1 Å². The number of rotatable bonds is 7. The second kappa shape index (κ2) is 9.88. The molecule has 1 atom stereocenters. The van der Waals surface area contributed by atoms with E-state index < -0.39 is 30.4 Å². The third-order valence-corrected chi connectivity index (χ3v) is 3.91. The minimum absolute atomic E-state index is 0.234. The van der Waals surface area contributed by atoms with Crippen LogP contribution in [0.15, 0.2) is 54.6 Å². The number of hydrogen-bond acceptors (Lipinski definition) is 5. The van der Waals surface area contributed by atoms with E-state index in [9.17, 15) is 14.4 Å². The summed E-state index contributed by atoms with van der Waals surface area (Å²) < 4.78 is 5.06. The summed E-state index contributed by atoms with van der Waals surface area (Å²) >= 11 is 0. The lowest BCUT2D eigenvalue weighted by Crippen LogP contribution is -2.45. The number of ether oxygens (including phenoxy) is 1. The Labute approximate surface area is 163 Å². The molecule has 0 radical (unpaired) electrons. The van der Waals surface area contributed by atoms with Crippen molar-refractivity contribution in [3.8, 4) is 6.07 Å². The van der Waals surface area contributed by atoms with Gasteiger partial charge in [-0.05, 0) is 30.2 Å². The van der Waals surface area contributed by atoms with Crippen molar-refractivity contribution >= 4 is 23.5 Å². The number of nitrogens with zero attached hydrogens (tertiary/aromatic N) is 1. The summed E-state index contributed by atoms with van der Waals surface area (Å²) in [4.78, 5) is 36.7. The highest BCUT2D eigenvalue weighted by Crippen LogP contribution is 2.13. The van der Waals surface area contributed by atoms with Gasteiger partial charge in [0.05, 0.1) is 11.3 Å². The molecule has 7 heteroatoms. The van der Waals surface area contributed by atoms with Crippen LogP contribution in [0.4, 0.5) is 5.69 Å². The molecule has 28 heavy (non-hydrogen) atoms. The number of amides is 2. The van der Waals surface area contributed by atoms with Gasteiger partial charge in [-0.1, -0.05) is 44.2 Å². The van der Waals surface area contributed by atoms with Crippen molar-refractivity contribution in [2.45, 2.75) is 19.9 Å². The van der Waals surface area contributed by atoms with E-state index >= 15 is 0 Å². The smallest absolute Gasteiger partial charge is 0.329 e. The van der Waals surface area contributed by atoms with Crippen LogP contribution in [-0.4, -0.2) is 30.4 Å². The van der Waals surface area contributed by atoms with Crippen molar-refractivity contribution in [1.29, 1.82) is 5.26 Å². The predicted molar refractivity (Wildman–Crippen MR) is 103 cm³/mol. The molecule has 0 fully saturated rings. The maximum Gasteiger partial charge on any atom is 0.329 e. The maximum absolute atomic E-state index is 12.4. The summed E-state index contributed by atoms with van der Waals surface area (Å²) in [6.45, 7) is 3.00. The lowest BCUT2D eigenvalue weighted by Gasteiger charge is -2.20. The minimum atomic E-state index is -0.896. The number of hydrogen-bond donors (Lipinski definition) is 2. The van der Waals surface area contributed by atoms with Crippen molar-refractivity contribution in [3.05, 3.63) is 65.7 Å². The van der Waals surface area contributed by atoms with Gasteiger partial charge in [-0.25, -0.2) is 4.79 Å². The number of carbonyl (C=O) groups excluding carboxylic acids is 3. The molecule has 2 N–H and O–H groups in total. The fourth-order valence-corrected chi connectivity index (χ4v) is 2.41. The van der Waals surface area contributed by atoms with Crippen LogP contribution in [0, 0.1) is 17.2 Å². The molecule has 0 aliphatic rings. The zero-order valence-corrected chi connectivity index (χ0v) is 15.6. The minimum Gasteiger partial charge on any atom is -0.454 e. The molecule has 0 aliphatic carbocycles. The lowest BCUT2D eigenvalue weighted by atomic mass is 10.0. The van der Waals surface area contributed by atoms with E-state index in [4.69, 9.17) is 10.00 Å². The number of anilines is 1. The number of para-hydroxylation sites is 1. The Bertz CT molecular complexity index is 888. The molecular weight excluding hydrogens is 358 g/mol. The first-order valence-corrected chi connectivity index (χ1v) is 8.74. The van der Waals surface area contributed by atoms with Crippen LogP contribution in [0.5, 0.6) is 0 Å². The Balaban J connectivity index is 1.94. The molecule has 0 saturated carbocycles. The highest BCUT2D eigenvalue weighted by atomic mass is 16.5. The van der Waals surface area contributed by atoms with Crippen LogP contribution in [0.2, 0.25) is 0 Å². The maximum atomic E-state index is 12.4. The topological polar surface area (TPSA) is 108 Å². The lowest BCUT2D eigenvalue weighted by molar-refractivity contribution is -0.150. The Morgan fingerprint density at radius 1 is 1.04 bits per heavy atom. The van der Waals surface area contributed by atoms with Crippen molar-refractivity contribution in [3.63, 3.8) is 0 Å². The molecule has 1 unspecified atom stereocenters. The second-order valence-electron chi connectivity index (χ2n) is 6.37. The van der Waals surface area contributed by atoms with Gasteiger partial charge in [0.25, 0.3) is 11.8 Å². The highest BCUT2D eigenvalue weighted by molar-refractivity contribution is 5.97. The van der Waals surface area contributed by atoms with Gasteiger partial charge in [0.15, 0.2) is 6.61 Å². The Kier molecular flexibility index (Phi) is 7.28. The summed E-state index contributed by atoms with van der Waals surface area (Å²) in [6.07, 6.45) is 0. The van der Waals surface area contributed by atoms with E-state index in [-0.39, 0.29) is 5.92 Å². The second-order valence-corrected chi connectivity index (χ2v) is 6.37. The largest absolute Gasteiger partial charge is 0.454 e. The molecule has 7 nitrogen and oxygen atoms in total. The molecule has 0 heterocycles. The number of carbonyl (C=O) groups is 3. The van der Waals surface area contributed by atoms with Gasteiger partial charge >= 0.3 is 5.97 Å². The van der Waals surface area contributed by atoms with Gasteiger partial charge < -0.3 is 15.4 Å². The Morgan fingerprint density at radius 2 is 1.68 bits per heavy atom. The summed E-state index contributed by atoms with van der Waals surface area (Å²) in [5.74, 6) is -1.91. The molecule has 0 aliphatic heterocycles. The van der Waals surface area contributed by atoms with Crippen molar-refractivity contribution in [1.82, 2.24) is 5.32 Å². The molecule has 0 spiro atoms. The van der Waals surface area contributed by atoms with Crippen molar-refractivity contribution in [2.75, 3.05) is 11.9 Å². The van der Waals surface area contributed by atoms with Crippen LogP contribution >= 0.6 is 0 Å². The van der Waals surface area contributed by atoms with Gasteiger partial charge in [-0.3, -0.25) is 9.59 Å². The molecule has 0 bridgehead atoms. The van der Waals surface area contributed by atoms with Crippen molar-refractivity contribution in [2.24, 2.45) is 5.92 Å². The predicted octanol–water partition coefficient (Wildman–Crippen LogP) is 2.49. The molecule has 2 amide bonds. The SMILES string of the molecule is CC(C)C(NC(=O)c1ccccc1)C(=O)OCC(=O)Nc1ccccc1C#N.